The molecule has 1 N–H and O–H groups in total. The lowest BCUT2D eigenvalue weighted by Gasteiger charge is -2.34. The lowest BCUT2D eigenvalue weighted by Crippen LogP contribution is -2.48. The van der Waals surface area contributed by atoms with Crippen molar-refractivity contribution in [2.75, 3.05) is 26.2 Å². The fourth-order valence-electron chi connectivity index (χ4n) is 4.36. The Kier molecular flexibility index (Phi) is 4.87. The molecule has 5 rings (SSSR count). The van der Waals surface area contributed by atoms with E-state index >= 15 is 0 Å². The second kappa shape index (κ2) is 7.71. The molecule has 3 heterocycles. The molecule has 1 amide bonds. The number of aromatic nitrogens is 1. The fourth-order valence-corrected chi connectivity index (χ4v) is 4.36. The fraction of sp³-hybridized carbons (Fsp3) is 0.280. The third-order valence-corrected chi connectivity index (χ3v) is 6.33. The number of carbonyl (C=O) groups is 1. The largest absolute Gasteiger partial charge is 0.422 e. The van der Waals surface area contributed by atoms with E-state index in [1.54, 1.807) is 6.07 Å². The lowest BCUT2D eigenvalue weighted by atomic mass is 10.0. The van der Waals surface area contributed by atoms with Crippen molar-refractivity contribution in [2.24, 2.45) is 0 Å². The molecule has 0 spiro atoms. The lowest BCUT2D eigenvalue weighted by molar-refractivity contribution is 0.0624. The highest BCUT2D eigenvalue weighted by Gasteiger charge is 2.24. The maximum atomic E-state index is 12.9. The number of aromatic amines is 1. The van der Waals surface area contributed by atoms with Gasteiger partial charge in [-0.1, -0.05) is 30.3 Å². The van der Waals surface area contributed by atoms with Gasteiger partial charge in [-0.3, -0.25) is 9.69 Å². The van der Waals surface area contributed by atoms with Gasteiger partial charge in [-0.2, -0.15) is 0 Å². The number of para-hydroxylation sites is 1. The molecule has 4 aromatic rings. The van der Waals surface area contributed by atoms with Crippen LogP contribution in [0.5, 0.6) is 0 Å². The van der Waals surface area contributed by atoms with Gasteiger partial charge in [-0.25, -0.2) is 4.79 Å². The topological polar surface area (TPSA) is 69.6 Å². The number of amides is 1. The number of nitrogens with one attached hydrogen (secondary N) is 1. The first kappa shape index (κ1) is 19.6. The van der Waals surface area contributed by atoms with Crippen LogP contribution in [0, 0.1) is 13.8 Å². The van der Waals surface area contributed by atoms with Gasteiger partial charge >= 0.3 is 5.63 Å². The minimum absolute atomic E-state index is 0.0350. The Morgan fingerprint density at radius 3 is 2.58 bits per heavy atom. The molecule has 6 nitrogen and oxygen atoms in total. The van der Waals surface area contributed by atoms with Crippen molar-refractivity contribution in [3.8, 4) is 0 Å². The van der Waals surface area contributed by atoms with Gasteiger partial charge < -0.3 is 14.3 Å². The monoisotopic (exact) mass is 415 g/mol. The smallest absolute Gasteiger partial charge is 0.336 e. The summed E-state index contributed by atoms with van der Waals surface area (Å²) in [5.41, 5.74) is 5.06. The Balaban J connectivity index is 1.30. The van der Waals surface area contributed by atoms with Gasteiger partial charge in [0, 0.05) is 55.1 Å². The number of H-pyrrole nitrogens is 1. The van der Waals surface area contributed by atoms with Crippen LogP contribution in [0.25, 0.3) is 21.9 Å². The van der Waals surface area contributed by atoms with Crippen molar-refractivity contribution in [1.29, 1.82) is 0 Å². The van der Waals surface area contributed by atoms with Crippen molar-refractivity contribution >= 4 is 27.8 Å². The number of hydrogen-bond acceptors (Lipinski definition) is 4. The average Bonchev–Trinajstić information content (AvgIpc) is 3.21. The third kappa shape index (κ3) is 3.64. The summed E-state index contributed by atoms with van der Waals surface area (Å²) in [6.07, 6.45) is 0. The van der Waals surface area contributed by atoms with E-state index in [-0.39, 0.29) is 11.5 Å². The number of hydrogen-bond donors (Lipinski definition) is 1. The molecular weight excluding hydrogens is 390 g/mol. The van der Waals surface area contributed by atoms with Gasteiger partial charge in [0.25, 0.3) is 5.91 Å². The Morgan fingerprint density at radius 2 is 1.81 bits per heavy atom. The van der Waals surface area contributed by atoms with Crippen LogP contribution in [0.1, 0.15) is 27.2 Å². The highest BCUT2D eigenvalue weighted by Crippen LogP contribution is 2.24. The molecule has 0 bridgehead atoms. The van der Waals surface area contributed by atoms with Crippen molar-refractivity contribution in [3.05, 3.63) is 81.3 Å². The van der Waals surface area contributed by atoms with Crippen LogP contribution in [0.2, 0.25) is 0 Å². The summed E-state index contributed by atoms with van der Waals surface area (Å²) in [5, 5.41) is 2.03. The first-order valence-electron chi connectivity index (χ1n) is 10.6. The number of benzene rings is 2. The van der Waals surface area contributed by atoms with Crippen molar-refractivity contribution in [3.63, 3.8) is 0 Å². The Bertz CT molecular complexity index is 1310. The Morgan fingerprint density at radius 1 is 1.03 bits per heavy atom. The molecule has 1 fully saturated rings. The summed E-state index contributed by atoms with van der Waals surface area (Å²) in [6, 6.07) is 15.5. The van der Waals surface area contributed by atoms with Gasteiger partial charge in [-0.05, 0) is 42.7 Å². The van der Waals surface area contributed by atoms with E-state index in [4.69, 9.17) is 4.42 Å². The van der Waals surface area contributed by atoms with Gasteiger partial charge in [0.2, 0.25) is 0 Å². The van der Waals surface area contributed by atoms with E-state index in [0.29, 0.717) is 30.9 Å². The number of nitrogens with zero attached hydrogens (tertiary/aromatic N) is 2. The van der Waals surface area contributed by atoms with Crippen LogP contribution in [0.4, 0.5) is 0 Å². The SMILES string of the molecule is Cc1ccc2c(CN3CCN(C(=O)c4cc5ccccc5[nH]4)CC3)cc(=O)oc2c1C. The summed E-state index contributed by atoms with van der Waals surface area (Å²) in [4.78, 5) is 32.5. The van der Waals surface area contributed by atoms with Gasteiger partial charge in [0.15, 0.2) is 0 Å². The molecule has 158 valence electrons. The molecule has 2 aromatic carbocycles. The van der Waals surface area contributed by atoms with E-state index in [9.17, 15) is 9.59 Å². The van der Waals surface area contributed by atoms with Gasteiger partial charge in [-0.15, -0.1) is 0 Å². The van der Waals surface area contributed by atoms with E-state index in [2.05, 4.69) is 16.0 Å². The number of fused-ring (bicyclic) bond motifs is 2. The summed E-state index contributed by atoms with van der Waals surface area (Å²) < 4.78 is 5.50. The summed E-state index contributed by atoms with van der Waals surface area (Å²) in [5.74, 6) is 0.0350. The van der Waals surface area contributed by atoms with Crippen LogP contribution < -0.4 is 5.63 Å². The van der Waals surface area contributed by atoms with Crippen LogP contribution in [-0.2, 0) is 6.54 Å². The molecule has 0 aliphatic carbocycles. The predicted molar refractivity (Wildman–Crippen MR) is 121 cm³/mol. The van der Waals surface area contributed by atoms with Crippen molar-refractivity contribution in [2.45, 2.75) is 20.4 Å². The summed E-state index contributed by atoms with van der Waals surface area (Å²) in [7, 11) is 0. The molecule has 0 radical (unpaired) electrons. The molecule has 1 saturated heterocycles. The first-order chi connectivity index (χ1) is 15.0. The zero-order valence-electron chi connectivity index (χ0n) is 17.8. The summed E-state index contributed by atoms with van der Waals surface area (Å²) >= 11 is 0. The molecule has 1 aliphatic rings. The molecule has 31 heavy (non-hydrogen) atoms. The molecule has 6 heteroatoms. The van der Waals surface area contributed by atoms with Crippen LogP contribution >= 0.6 is 0 Å². The Labute approximate surface area is 180 Å². The molecular formula is C25H25N3O3. The Hall–Kier alpha value is -3.38. The van der Waals surface area contributed by atoms with E-state index in [0.717, 1.165) is 46.1 Å². The highest BCUT2D eigenvalue weighted by atomic mass is 16.4. The third-order valence-electron chi connectivity index (χ3n) is 6.33. The maximum absolute atomic E-state index is 12.9. The molecule has 1 aliphatic heterocycles. The normalized spacial score (nSPS) is 15.1. The van der Waals surface area contributed by atoms with Crippen LogP contribution in [0.3, 0.4) is 0 Å². The number of aryl methyl sites for hydroxylation is 2. The second-order valence-electron chi connectivity index (χ2n) is 8.31. The van der Waals surface area contributed by atoms with Gasteiger partial charge in [0.1, 0.15) is 11.3 Å². The number of piperazine rings is 1. The maximum Gasteiger partial charge on any atom is 0.336 e. The zero-order chi connectivity index (χ0) is 21.5. The predicted octanol–water partition coefficient (Wildman–Crippen LogP) is 3.85. The number of rotatable bonds is 3. The molecule has 0 atom stereocenters. The molecule has 0 unspecified atom stereocenters. The van der Waals surface area contributed by atoms with Crippen molar-refractivity contribution < 1.29 is 9.21 Å². The van der Waals surface area contributed by atoms with E-state index in [1.807, 2.05) is 55.1 Å². The zero-order valence-corrected chi connectivity index (χ0v) is 17.8. The summed E-state index contributed by atoms with van der Waals surface area (Å²) in [6.45, 7) is 7.51. The quantitative estimate of drug-likeness (QED) is 0.516. The minimum Gasteiger partial charge on any atom is -0.422 e. The first-order valence-corrected chi connectivity index (χ1v) is 10.6. The van der Waals surface area contributed by atoms with E-state index < -0.39 is 0 Å². The number of carbonyl (C=O) groups excluding carboxylic acids is 1. The second-order valence-corrected chi connectivity index (χ2v) is 8.31. The minimum atomic E-state index is -0.316. The van der Waals surface area contributed by atoms with Crippen LogP contribution in [-0.4, -0.2) is 46.9 Å². The molecule has 2 aromatic heterocycles. The highest BCUT2D eigenvalue weighted by molar-refractivity contribution is 5.98. The van der Waals surface area contributed by atoms with Gasteiger partial charge in [0.05, 0.1) is 0 Å². The molecule has 0 saturated carbocycles. The van der Waals surface area contributed by atoms with Crippen LogP contribution in [0.15, 0.2) is 57.7 Å². The standard InChI is InChI=1S/C25H25N3O3/c1-16-7-8-20-19(14-23(29)31-24(20)17(16)2)15-27-9-11-28(12-10-27)25(30)22-13-18-5-3-4-6-21(18)26-22/h3-8,13-14,26H,9-12,15H2,1-2H3. The van der Waals surface area contributed by atoms with E-state index in [1.165, 1.54) is 0 Å². The average molecular weight is 415 g/mol. The van der Waals surface area contributed by atoms with Crippen molar-refractivity contribution in [1.82, 2.24) is 14.8 Å².